The molecule has 3 aromatic carbocycles. The van der Waals surface area contributed by atoms with Gasteiger partial charge in [0.05, 0.1) is 23.3 Å². The number of hydrogen-bond acceptors (Lipinski definition) is 5. The van der Waals surface area contributed by atoms with Crippen LogP contribution in [0.15, 0.2) is 77.7 Å². The second kappa shape index (κ2) is 10.3. The lowest BCUT2D eigenvalue weighted by Gasteiger charge is -2.20. The highest BCUT2D eigenvalue weighted by Gasteiger charge is 2.24. The van der Waals surface area contributed by atoms with E-state index in [0.717, 1.165) is 0 Å². The average Bonchev–Trinajstić information content (AvgIpc) is 2.80. The number of carbonyl (C=O) groups excluding carboxylic acids is 1. The van der Waals surface area contributed by atoms with Crippen LogP contribution in [-0.4, -0.2) is 38.8 Å². The van der Waals surface area contributed by atoms with E-state index in [9.17, 15) is 13.2 Å². The number of carbonyl (C=O) groups is 1. The molecule has 0 aliphatic carbocycles. The van der Waals surface area contributed by atoms with Crippen LogP contribution in [0.4, 0.5) is 5.69 Å². The summed E-state index contributed by atoms with van der Waals surface area (Å²) in [4.78, 5) is 13.2. The zero-order valence-corrected chi connectivity index (χ0v) is 19.1. The van der Waals surface area contributed by atoms with Gasteiger partial charge in [-0.25, -0.2) is 8.42 Å². The number of amides is 1. The van der Waals surface area contributed by atoms with Gasteiger partial charge in [0.15, 0.2) is 0 Å². The summed E-state index contributed by atoms with van der Waals surface area (Å²) >= 11 is 0. The van der Waals surface area contributed by atoms with E-state index >= 15 is 0 Å². The highest BCUT2D eigenvalue weighted by Crippen LogP contribution is 2.31. The zero-order valence-electron chi connectivity index (χ0n) is 18.2. The summed E-state index contributed by atoms with van der Waals surface area (Å²) < 4.78 is 38.4. The molecule has 0 aromatic heterocycles. The minimum atomic E-state index is -3.70. The third-order valence-electron chi connectivity index (χ3n) is 4.87. The van der Waals surface area contributed by atoms with Crippen molar-refractivity contribution in [2.45, 2.75) is 18.7 Å². The largest absolute Gasteiger partial charge is 0.495 e. The summed E-state index contributed by atoms with van der Waals surface area (Å²) in [5, 5.41) is 2.76. The van der Waals surface area contributed by atoms with Crippen LogP contribution in [0.25, 0.3) is 0 Å². The fraction of sp³-hybridized carbons (Fsp3) is 0.208. The van der Waals surface area contributed by atoms with Gasteiger partial charge in [-0.3, -0.25) is 4.79 Å². The lowest BCUT2D eigenvalue weighted by atomic mass is 10.1. The zero-order chi connectivity index (χ0) is 23.1. The molecule has 0 aliphatic rings. The molecule has 168 valence electrons. The van der Waals surface area contributed by atoms with Crippen molar-refractivity contribution in [3.05, 3.63) is 78.4 Å². The molecular formula is C24H26N2O5S. The lowest BCUT2D eigenvalue weighted by molar-refractivity contribution is 0.102. The first-order chi connectivity index (χ1) is 15.4. The summed E-state index contributed by atoms with van der Waals surface area (Å²) in [5.41, 5.74) is 0.552. The van der Waals surface area contributed by atoms with Gasteiger partial charge in [0.25, 0.3) is 5.91 Å². The molecule has 0 atom stereocenters. The van der Waals surface area contributed by atoms with Gasteiger partial charge < -0.3 is 14.8 Å². The number of methoxy groups -OCH3 is 1. The van der Waals surface area contributed by atoms with Crippen molar-refractivity contribution < 1.29 is 22.7 Å². The number of rotatable bonds is 9. The maximum Gasteiger partial charge on any atom is 0.259 e. The van der Waals surface area contributed by atoms with Crippen LogP contribution in [0.2, 0.25) is 0 Å². The number of benzene rings is 3. The number of nitrogens with zero attached hydrogens (tertiary/aromatic N) is 1. The average molecular weight is 455 g/mol. The standard InChI is InChI=1S/C24H26N2O5S/c1-4-26(5-2)32(28,29)19-15-16-23(30-3)21(17-19)25-24(27)20-13-9-10-14-22(20)31-18-11-7-6-8-12-18/h6-17H,4-5H2,1-3H3,(H,25,27). The fourth-order valence-corrected chi connectivity index (χ4v) is 4.69. The molecule has 0 saturated heterocycles. The number of sulfonamides is 1. The van der Waals surface area contributed by atoms with Crippen LogP contribution in [0.5, 0.6) is 17.2 Å². The van der Waals surface area contributed by atoms with Crippen molar-refractivity contribution in [2.24, 2.45) is 0 Å². The van der Waals surface area contributed by atoms with Crippen LogP contribution in [0.1, 0.15) is 24.2 Å². The Labute approximate surface area is 188 Å². The number of ether oxygens (including phenoxy) is 2. The highest BCUT2D eigenvalue weighted by atomic mass is 32.2. The van der Waals surface area contributed by atoms with E-state index in [1.165, 1.54) is 29.6 Å². The molecule has 0 radical (unpaired) electrons. The number of hydrogen-bond donors (Lipinski definition) is 1. The Morgan fingerprint density at radius 2 is 1.56 bits per heavy atom. The van der Waals surface area contributed by atoms with Gasteiger partial charge in [-0.05, 0) is 42.5 Å². The third kappa shape index (κ3) is 5.09. The minimum Gasteiger partial charge on any atom is -0.495 e. The SMILES string of the molecule is CCN(CC)S(=O)(=O)c1ccc(OC)c(NC(=O)c2ccccc2Oc2ccccc2)c1. The monoisotopic (exact) mass is 454 g/mol. The molecule has 0 heterocycles. The molecule has 0 fully saturated rings. The predicted octanol–water partition coefficient (Wildman–Crippen LogP) is 4.77. The molecule has 32 heavy (non-hydrogen) atoms. The van der Waals surface area contributed by atoms with E-state index in [1.54, 1.807) is 50.2 Å². The van der Waals surface area contributed by atoms with Gasteiger partial charge in [-0.2, -0.15) is 4.31 Å². The summed E-state index contributed by atoms with van der Waals surface area (Å²) in [6.07, 6.45) is 0. The van der Waals surface area contributed by atoms with E-state index in [4.69, 9.17) is 9.47 Å². The van der Waals surface area contributed by atoms with Gasteiger partial charge >= 0.3 is 0 Å². The Morgan fingerprint density at radius 1 is 0.906 bits per heavy atom. The first-order valence-corrected chi connectivity index (χ1v) is 11.7. The Balaban J connectivity index is 1.93. The molecule has 1 N–H and O–H groups in total. The molecule has 0 aliphatic heterocycles. The Bertz CT molecular complexity index is 1180. The lowest BCUT2D eigenvalue weighted by Crippen LogP contribution is -2.30. The Hall–Kier alpha value is -3.36. The molecule has 7 nitrogen and oxygen atoms in total. The molecular weight excluding hydrogens is 428 g/mol. The second-order valence-electron chi connectivity index (χ2n) is 6.82. The van der Waals surface area contributed by atoms with Crippen LogP contribution < -0.4 is 14.8 Å². The molecule has 0 spiro atoms. The second-order valence-corrected chi connectivity index (χ2v) is 8.75. The van der Waals surface area contributed by atoms with E-state index in [-0.39, 0.29) is 10.6 Å². The molecule has 0 bridgehead atoms. The predicted molar refractivity (Wildman–Crippen MR) is 124 cm³/mol. The summed E-state index contributed by atoms with van der Waals surface area (Å²) in [7, 11) is -2.24. The number of nitrogens with one attached hydrogen (secondary N) is 1. The molecule has 1 amide bonds. The Kier molecular flexibility index (Phi) is 7.50. The smallest absolute Gasteiger partial charge is 0.259 e. The maximum atomic E-state index is 13.1. The van der Waals surface area contributed by atoms with Gasteiger partial charge in [0, 0.05) is 13.1 Å². The number of para-hydroxylation sites is 2. The maximum absolute atomic E-state index is 13.1. The molecule has 3 aromatic rings. The molecule has 3 rings (SSSR count). The van der Waals surface area contributed by atoms with Crippen molar-refractivity contribution in [3.8, 4) is 17.2 Å². The van der Waals surface area contributed by atoms with Crippen molar-refractivity contribution >= 4 is 21.6 Å². The van der Waals surface area contributed by atoms with Crippen LogP contribution >= 0.6 is 0 Å². The van der Waals surface area contributed by atoms with Crippen molar-refractivity contribution in [1.29, 1.82) is 0 Å². The molecule has 8 heteroatoms. The van der Waals surface area contributed by atoms with Gasteiger partial charge in [0.1, 0.15) is 17.2 Å². The van der Waals surface area contributed by atoms with E-state index in [2.05, 4.69) is 5.32 Å². The first kappa shape index (κ1) is 23.3. The van der Waals surface area contributed by atoms with Crippen LogP contribution in [-0.2, 0) is 10.0 Å². The van der Waals surface area contributed by atoms with Gasteiger partial charge in [-0.15, -0.1) is 0 Å². The van der Waals surface area contributed by atoms with Gasteiger partial charge in [0.2, 0.25) is 10.0 Å². The topological polar surface area (TPSA) is 84.9 Å². The summed E-state index contributed by atoms with van der Waals surface area (Å²) in [6, 6.07) is 20.4. The normalized spacial score (nSPS) is 11.2. The van der Waals surface area contributed by atoms with Crippen molar-refractivity contribution in [1.82, 2.24) is 4.31 Å². The fourth-order valence-electron chi connectivity index (χ4n) is 3.21. The van der Waals surface area contributed by atoms with Crippen LogP contribution in [0, 0.1) is 0 Å². The van der Waals surface area contributed by atoms with E-state index < -0.39 is 15.9 Å². The minimum absolute atomic E-state index is 0.0751. The van der Waals surface area contributed by atoms with E-state index in [1.807, 2.05) is 18.2 Å². The van der Waals surface area contributed by atoms with Crippen LogP contribution in [0.3, 0.4) is 0 Å². The first-order valence-electron chi connectivity index (χ1n) is 10.2. The number of anilines is 1. The van der Waals surface area contributed by atoms with Crippen molar-refractivity contribution in [3.63, 3.8) is 0 Å². The Morgan fingerprint density at radius 3 is 2.22 bits per heavy atom. The molecule has 0 saturated carbocycles. The summed E-state index contributed by atoms with van der Waals surface area (Å²) in [6.45, 7) is 4.24. The summed E-state index contributed by atoms with van der Waals surface area (Å²) in [5.74, 6) is 0.866. The quantitative estimate of drug-likeness (QED) is 0.503. The van der Waals surface area contributed by atoms with E-state index in [0.29, 0.717) is 35.9 Å². The third-order valence-corrected chi connectivity index (χ3v) is 6.91. The highest BCUT2D eigenvalue weighted by molar-refractivity contribution is 7.89. The van der Waals surface area contributed by atoms with Gasteiger partial charge in [-0.1, -0.05) is 44.2 Å². The van der Waals surface area contributed by atoms with Crippen molar-refractivity contribution in [2.75, 3.05) is 25.5 Å². The molecule has 0 unspecified atom stereocenters.